The molecule has 0 aliphatic heterocycles. The SMILES string of the molecule is COc1cc(CC(=O)Nc2cccc(-c3ccccc3C)c2)ccc1OCCN. The van der Waals surface area contributed by atoms with E-state index in [9.17, 15) is 4.79 Å². The summed E-state index contributed by atoms with van der Waals surface area (Å²) in [4.78, 5) is 12.6. The molecule has 0 aliphatic rings. The molecule has 0 fully saturated rings. The van der Waals surface area contributed by atoms with Crippen molar-refractivity contribution in [2.45, 2.75) is 13.3 Å². The molecule has 150 valence electrons. The van der Waals surface area contributed by atoms with Gasteiger partial charge in [0.1, 0.15) is 6.61 Å². The van der Waals surface area contributed by atoms with E-state index in [2.05, 4.69) is 24.4 Å². The van der Waals surface area contributed by atoms with E-state index in [4.69, 9.17) is 15.2 Å². The molecule has 0 unspecified atom stereocenters. The number of carbonyl (C=O) groups excluding carboxylic acids is 1. The van der Waals surface area contributed by atoms with Crippen LogP contribution in [-0.2, 0) is 11.2 Å². The molecule has 29 heavy (non-hydrogen) atoms. The molecule has 5 nitrogen and oxygen atoms in total. The number of rotatable bonds is 8. The number of methoxy groups -OCH3 is 1. The third-order valence-electron chi connectivity index (χ3n) is 4.57. The summed E-state index contributed by atoms with van der Waals surface area (Å²) in [7, 11) is 1.57. The van der Waals surface area contributed by atoms with Crippen molar-refractivity contribution < 1.29 is 14.3 Å². The first-order chi connectivity index (χ1) is 14.1. The quantitative estimate of drug-likeness (QED) is 0.605. The minimum Gasteiger partial charge on any atom is -0.493 e. The van der Waals surface area contributed by atoms with Gasteiger partial charge in [-0.05, 0) is 53.4 Å². The lowest BCUT2D eigenvalue weighted by Gasteiger charge is -2.12. The van der Waals surface area contributed by atoms with Crippen molar-refractivity contribution in [1.29, 1.82) is 0 Å². The predicted molar refractivity (Wildman–Crippen MR) is 116 cm³/mol. The summed E-state index contributed by atoms with van der Waals surface area (Å²) in [6.45, 7) is 2.91. The van der Waals surface area contributed by atoms with Crippen LogP contribution in [0.1, 0.15) is 11.1 Å². The highest BCUT2D eigenvalue weighted by Crippen LogP contribution is 2.29. The summed E-state index contributed by atoms with van der Waals surface area (Å²) >= 11 is 0. The zero-order valence-corrected chi connectivity index (χ0v) is 16.8. The Hall–Kier alpha value is -3.31. The molecule has 0 spiro atoms. The van der Waals surface area contributed by atoms with E-state index in [0.717, 1.165) is 22.4 Å². The molecule has 1 amide bonds. The molecule has 0 atom stereocenters. The van der Waals surface area contributed by atoms with Crippen LogP contribution in [0.4, 0.5) is 5.69 Å². The van der Waals surface area contributed by atoms with Gasteiger partial charge in [0.05, 0.1) is 13.5 Å². The smallest absolute Gasteiger partial charge is 0.228 e. The molecule has 0 heterocycles. The Morgan fingerprint density at radius 3 is 2.59 bits per heavy atom. The Bertz CT molecular complexity index is 985. The van der Waals surface area contributed by atoms with E-state index in [0.29, 0.717) is 24.7 Å². The van der Waals surface area contributed by atoms with E-state index >= 15 is 0 Å². The lowest BCUT2D eigenvalue weighted by atomic mass is 10.0. The second kappa shape index (κ2) is 9.75. The van der Waals surface area contributed by atoms with Gasteiger partial charge in [-0.3, -0.25) is 4.79 Å². The number of ether oxygens (including phenoxy) is 2. The molecule has 0 bridgehead atoms. The topological polar surface area (TPSA) is 73.6 Å². The Morgan fingerprint density at radius 2 is 1.83 bits per heavy atom. The van der Waals surface area contributed by atoms with Crippen molar-refractivity contribution in [1.82, 2.24) is 0 Å². The summed E-state index contributed by atoms with van der Waals surface area (Å²) in [5.74, 6) is 1.11. The fourth-order valence-corrected chi connectivity index (χ4v) is 3.16. The Kier molecular flexibility index (Phi) is 6.87. The van der Waals surface area contributed by atoms with Gasteiger partial charge in [-0.15, -0.1) is 0 Å². The van der Waals surface area contributed by atoms with E-state index in [1.807, 2.05) is 48.5 Å². The Labute approximate surface area is 171 Å². The predicted octanol–water partition coefficient (Wildman–Crippen LogP) is 4.19. The van der Waals surface area contributed by atoms with Crippen molar-refractivity contribution in [3.8, 4) is 22.6 Å². The molecule has 0 aromatic heterocycles. The third-order valence-corrected chi connectivity index (χ3v) is 4.57. The molecule has 0 aliphatic carbocycles. The Balaban J connectivity index is 1.70. The number of nitrogens with two attached hydrogens (primary N) is 1. The number of hydrogen-bond donors (Lipinski definition) is 2. The molecular weight excluding hydrogens is 364 g/mol. The monoisotopic (exact) mass is 390 g/mol. The molecule has 0 saturated carbocycles. The van der Waals surface area contributed by atoms with E-state index in [1.54, 1.807) is 13.2 Å². The second-order valence-electron chi connectivity index (χ2n) is 6.74. The summed E-state index contributed by atoms with van der Waals surface area (Å²) in [6, 6.07) is 21.5. The zero-order chi connectivity index (χ0) is 20.6. The lowest BCUT2D eigenvalue weighted by Crippen LogP contribution is -2.14. The highest BCUT2D eigenvalue weighted by molar-refractivity contribution is 5.93. The van der Waals surface area contributed by atoms with Crippen LogP contribution in [0.2, 0.25) is 0 Å². The minimum atomic E-state index is -0.0930. The number of anilines is 1. The summed E-state index contributed by atoms with van der Waals surface area (Å²) in [6.07, 6.45) is 0.238. The molecular formula is C24H26N2O3. The highest BCUT2D eigenvalue weighted by Gasteiger charge is 2.10. The number of hydrogen-bond acceptors (Lipinski definition) is 4. The van der Waals surface area contributed by atoms with Gasteiger partial charge in [0.15, 0.2) is 11.5 Å². The second-order valence-corrected chi connectivity index (χ2v) is 6.74. The standard InChI is InChI=1S/C24H26N2O3/c1-17-6-3-4-9-21(17)19-7-5-8-20(16-19)26-24(27)15-18-10-11-22(29-13-12-25)23(14-18)28-2/h3-11,14,16H,12-13,15,25H2,1-2H3,(H,26,27). The molecule has 0 radical (unpaired) electrons. The maximum Gasteiger partial charge on any atom is 0.228 e. The number of carbonyl (C=O) groups is 1. The fourth-order valence-electron chi connectivity index (χ4n) is 3.16. The van der Waals surface area contributed by atoms with Gasteiger partial charge in [-0.1, -0.05) is 42.5 Å². The number of aryl methyl sites for hydroxylation is 1. The van der Waals surface area contributed by atoms with Gasteiger partial charge in [0.25, 0.3) is 0 Å². The fraction of sp³-hybridized carbons (Fsp3) is 0.208. The van der Waals surface area contributed by atoms with Gasteiger partial charge in [-0.25, -0.2) is 0 Å². The molecule has 3 rings (SSSR count). The van der Waals surface area contributed by atoms with Gasteiger partial charge >= 0.3 is 0 Å². The van der Waals surface area contributed by atoms with Crippen molar-refractivity contribution >= 4 is 11.6 Å². The van der Waals surface area contributed by atoms with Crippen LogP contribution in [0.5, 0.6) is 11.5 Å². The number of nitrogens with one attached hydrogen (secondary N) is 1. The maximum atomic E-state index is 12.6. The first-order valence-electron chi connectivity index (χ1n) is 9.56. The molecule has 5 heteroatoms. The third kappa shape index (κ3) is 5.36. The molecule has 3 aromatic rings. The van der Waals surface area contributed by atoms with E-state index in [1.165, 1.54) is 5.56 Å². The first kappa shape index (κ1) is 20.4. The maximum absolute atomic E-state index is 12.6. The van der Waals surface area contributed by atoms with Gasteiger partial charge in [0.2, 0.25) is 5.91 Å². The largest absolute Gasteiger partial charge is 0.493 e. The van der Waals surface area contributed by atoms with Crippen LogP contribution in [0.3, 0.4) is 0 Å². The molecule has 3 aromatic carbocycles. The van der Waals surface area contributed by atoms with Gasteiger partial charge in [0, 0.05) is 12.2 Å². The first-order valence-corrected chi connectivity index (χ1v) is 9.56. The van der Waals surface area contributed by atoms with Crippen LogP contribution < -0.4 is 20.5 Å². The molecule has 0 saturated heterocycles. The summed E-state index contributed by atoms with van der Waals surface area (Å²) in [5.41, 5.74) is 10.5. The Morgan fingerprint density at radius 1 is 1.00 bits per heavy atom. The van der Waals surface area contributed by atoms with Crippen LogP contribution in [-0.4, -0.2) is 26.2 Å². The van der Waals surface area contributed by atoms with Crippen LogP contribution in [0, 0.1) is 6.92 Å². The van der Waals surface area contributed by atoms with Gasteiger partial charge in [-0.2, -0.15) is 0 Å². The highest BCUT2D eigenvalue weighted by atomic mass is 16.5. The average molecular weight is 390 g/mol. The number of amides is 1. The van der Waals surface area contributed by atoms with E-state index < -0.39 is 0 Å². The molecule has 3 N–H and O–H groups in total. The number of benzene rings is 3. The minimum absolute atomic E-state index is 0.0930. The normalized spacial score (nSPS) is 10.4. The summed E-state index contributed by atoms with van der Waals surface area (Å²) in [5, 5.41) is 2.98. The van der Waals surface area contributed by atoms with Crippen molar-refractivity contribution in [3.63, 3.8) is 0 Å². The van der Waals surface area contributed by atoms with Crippen molar-refractivity contribution in [2.75, 3.05) is 25.6 Å². The van der Waals surface area contributed by atoms with Crippen molar-refractivity contribution in [3.05, 3.63) is 77.9 Å². The average Bonchev–Trinajstić information content (AvgIpc) is 2.73. The van der Waals surface area contributed by atoms with Crippen LogP contribution in [0.25, 0.3) is 11.1 Å². The summed E-state index contributed by atoms with van der Waals surface area (Å²) < 4.78 is 10.9. The van der Waals surface area contributed by atoms with Crippen LogP contribution in [0.15, 0.2) is 66.7 Å². The van der Waals surface area contributed by atoms with Crippen molar-refractivity contribution in [2.24, 2.45) is 5.73 Å². The zero-order valence-electron chi connectivity index (χ0n) is 16.8. The lowest BCUT2D eigenvalue weighted by molar-refractivity contribution is -0.115. The van der Waals surface area contributed by atoms with E-state index in [-0.39, 0.29) is 12.3 Å². The van der Waals surface area contributed by atoms with Crippen LogP contribution >= 0.6 is 0 Å². The van der Waals surface area contributed by atoms with Gasteiger partial charge < -0.3 is 20.5 Å².